The van der Waals surface area contributed by atoms with E-state index in [0.717, 1.165) is 0 Å². The number of aliphatic hydroxyl groups is 1. The van der Waals surface area contributed by atoms with E-state index in [1.165, 1.54) is 6.92 Å². The number of carbonyl (C=O) groups excluding carboxylic acids is 1. The van der Waals surface area contributed by atoms with Crippen LogP contribution in [0.1, 0.15) is 17.3 Å². The van der Waals surface area contributed by atoms with Crippen molar-refractivity contribution in [1.29, 1.82) is 0 Å². The first-order chi connectivity index (χ1) is 8.37. The Morgan fingerprint density at radius 3 is 2.33 bits per heavy atom. The highest BCUT2D eigenvalue weighted by molar-refractivity contribution is 7.91. The van der Waals surface area contributed by atoms with E-state index in [-0.39, 0.29) is 17.3 Å². The van der Waals surface area contributed by atoms with Crippen molar-refractivity contribution in [2.24, 2.45) is 0 Å². The maximum atomic E-state index is 11.3. The maximum Gasteiger partial charge on any atom is 0.159 e. The lowest BCUT2D eigenvalue weighted by molar-refractivity contribution is 0.0737. The molecule has 1 heterocycles. The molecule has 1 aromatic carbocycles. The van der Waals surface area contributed by atoms with Crippen molar-refractivity contribution in [3.8, 4) is 5.75 Å². The second-order valence-electron chi connectivity index (χ2n) is 4.38. The number of Topliss-reactive ketones (excluding diaryl/α,β-unsaturated/α-hetero) is 1. The first kappa shape index (κ1) is 13.0. The van der Waals surface area contributed by atoms with Gasteiger partial charge in [-0.25, -0.2) is 8.42 Å². The minimum absolute atomic E-state index is 0.0509. The van der Waals surface area contributed by atoms with Crippen LogP contribution in [-0.4, -0.2) is 43.0 Å². The van der Waals surface area contributed by atoms with Crippen molar-refractivity contribution in [2.45, 2.75) is 19.1 Å². The van der Waals surface area contributed by atoms with Gasteiger partial charge < -0.3 is 9.84 Å². The van der Waals surface area contributed by atoms with Gasteiger partial charge in [-0.1, -0.05) is 0 Å². The lowest BCUT2D eigenvalue weighted by Crippen LogP contribution is -2.29. The van der Waals surface area contributed by atoms with E-state index >= 15 is 0 Å². The molecule has 0 saturated carbocycles. The lowest BCUT2D eigenvalue weighted by atomic mass is 10.1. The summed E-state index contributed by atoms with van der Waals surface area (Å²) >= 11 is 0. The van der Waals surface area contributed by atoms with Crippen LogP contribution in [0.5, 0.6) is 5.75 Å². The second kappa shape index (κ2) is 4.70. The molecule has 0 aliphatic carbocycles. The zero-order chi connectivity index (χ0) is 13.3. The summed E-state index contributed by atoms with van der Waals surface area (Å²) in [5, 5.41) is 9.57. The molecule has 0 amide bonds. The molecular weight excluding hydrogens is 256 g/mol. The summed E-state index contributed by atoms with van der Waals surface area (Å²) in [6.45, 7) is 1.46. The number of sulfone groups is 1. The average molecular weight is 270 g/mol. The Hall–Kier alpha value is -1.40. The van der Waals surface area contributed by atoms with E-state index in [2.05, 4.69) is 0 Å². The molecule has 0 aromatic heterocycles. The summed E-state index contributed by atoms with van der Waals surface area (Å²) in [4.78, 5) is 11.1. The van der Waals surface area contributed by atoms with Crippen LogP contribution in [0.15, 0.2) is 24.3 Å². The largest absolute Gasteiger partial charge is 0.487 e. The number of rotatable bonds is 3. The van der Waals surface area contributed by atoms with Gasteiger partial charge >= 0.3 is 0 Å². The monoisotopic (exact) mass is 270 g/mol. The zero-order valence-corrected chi connectivity index (χ0v) is 10.7. The fourth-order valence-electron chi connectivity index (χ4n) is 1.85. The van der Waals surface area contributed by atoms with E-state index in [9.17, 15) is 18.3 Å². The number of benzene rings is 1. The number of hydrogen-bond acceptors (Lipinski definition) is 5. The first-order valence-electron chi connectivity index (χ1n) is 5.53. The number of ether oxygens (including phenoxy) is 1. The molecule has 1 aliphatic heterocycles. The van der Waals surface area contributed by atoms with Gasteiger partial charge in [-0.3, -0.25) is 4.79 Å². The molecule has 98 valence electrons. The van der Waals surface area contributed by atoms with Crippen molar-refractivity contribution in [2.75, 3.05) is 11.5 Å². The van der Waals surface area contributed by atoms with E-state index in [1.54, 1.807) is 24.3 Å². The summed E-state index contributed by atoms with van der Waals surface area (Å²) in [5.41, 5.74) is 0.557. The molecule has 0 spiro atoms. The fraction of sp³-hybridized carbons (Fsp3) is 0.417. The number of carbonyl (C=O) groups is 1. The molecule has 1 aliphatic rings. The Kier molecular flexibility index (Phi) is 3.41. The quantitative estimate of drug-likeness (QED) is 0.805. The highest BCUT2D eigenvalue weighted by atomic mass is 32.2. The van der Waals surface area contributed by atoms with E-state index < -0.39 is 22.0 Å². The van der Waals surface area contributed by atoms with Crippen LogP contribution in [0.4, 0.5) is 0 Å². The summed E-state index contributed by atoms with van der Waals surface area (Å²) < 4.78 is 28.0. The molecule has 1 saturated heterocycles. The van der Waals surface area contributed by atoms with Crippen LogP contribution in [0, 0.1) is 0 Å². The van der Waals surface area contributed by atoms with Crippen molar-refractivity contribution in [1.82, 2.24) is 0 Å². The van der Waals surface area contributed by atoms with Crippen LogP contribution in [0.25, 0.3) is 0 Å². The molecule has 1 aromatic rings. The van der Waals surface area contributed by atoms with Crippen LogP contribution in [0.2, 0.25) is 0 Å². The molecule has 2 atom stereocenters. The SMILES string of the molecule is CC(=O)c1ccc(OC2CS(=O)(=O)CC2O)cc1. The second-order valence-corrected chi connectivity index (χ2v) is 6.53. The third-order valence-corrected chi connectivity index (χ3v) is 4.51. The Bertz CT molecular complexity index is 546. The maximum absolute atomic E-state index is 11.3. The molecule has 2 rings (SSSR count). The van der Waals surface area contributed by atoms with Gasteiger partial charge in [0.2, 0.25) is 0 Å². The minimum Gasteiger partial charge on any atom is -0.487 e. The summed E-state index contributed by atoms with van der Waals surface area (Å²) in [6, 6.07) is 6.39. The van der Waals surface area contributed by atoms with Crippen molar-refractivity contribution >= 4 is 15.6 Å². The molecule has 1 fully saturated rings. The number of hydrogen-bond donors (Lipinski definition) is 1. The highest BCUT2D eigenvalue weighted by Crippen LogP contribution is 2.20. The van der Waals surface area contributed by atoms with Gasteiger partial charge in [0.1, 0.15) is 18.0 Å². The summed E-state index contributed by atoms with van der Waals surface area (Å²) in [6.07, 6.45) is -1.74. The van der Waals surface area contributed by atoms with E-state index in [1.807, 2.05) is 0 Å². The Morgan fingerprint density at radius 1 is 1.28 bits per heavy atom. The smallest absolute Gasteiger partial charge is 0.159 e. The summed E-state index contributed by atoms with van der Waals surface area (Å²) in [5.74, 6) is -0.0441. The van der Waals surface area contributed by atoms with Gasteiger partial charge in [-0.15, -0.1) is 0 Å². The lowest BCUT2D eigenvalue weighted by Gasteiger charge is -2.15. The molecule has 2 unspecified atom stereocenters. The molecule has 0 radical (unpaired) electrons. The van der Waals surface area contributed by atoms with Crippen LogP contribution in [-0.2, 0) is 9.84 Å². The molecule has 1 N–H and O–H groups in total. The molecule has 5 nitrogen and oxygen atoms in total. The van der Waals surface area contributed by atoms with Crippen molar-refractivity contribution in [3.05, 3.63) is 29.8 Å². The average Bonchev–Trinajstić information content (AvgIpc) is 2.52. The first-order valence-corrected chi connectivity index (χ1v) is 7.36. The molecule has 18 heavy (non-hydrogen) atoms. The third kappa shape index (κ3) is 2.88. The third-order valence-electron chi connectivity index (χ3n) is 2.82. The molecular formula is C12H14O5S. The van der Waals surface area contributed by atoms with Gasteiger partial charge in [0.25, 0.3) is 0 Å². The van der Waals surface area contributed by atoms with Gasteiger partial charge in [0.05, 0.1) is 11.5 Å². The van der Waals surface area contributed by atoms with Crippen LogP contribution in [0.3, 0.4) is 0 Å². The highest BCUT2D eigenvalue weighted by Gasteiger charge is 2.38. The van der Waals surface area contributed by atoms with E-state index in [0.29, 0.717) is 11.3 Å². The van der Waals surface area contributed by atoms with Gasteiger partial charge in [-0.2, -0.15) is 0 Å². The Morgan fingerprint density at radius 2 is 1.89 bits per heavy atom. The zero-order valence-electron chi connectivity index (χ0n) is 9.87. The molecule has 0 bridgehead atoms. The van der Waals surface area contributed by atoms with Crippen molar-refractivity contribution < 1.29 is 23.1 Å². The standard InChI is InChI=1S/C12H14O5S/c1-8(13)9-2-4-10(5-3-9)17-12-7-18(15,16)6-11(12)14/h2-5,11-12,14H,6-7H2,1H3. The Balaban J connectivity index is 2.08. The fourth-order valence-corrected chi connectivity index (χ4v) is 3.51. The number of aliphatic hydroxyl groups excluding tert-OH is 1. The summed E-state index contributed by atoms with van der Waals surface area (Å²) in [7, 11) is -3.22. The normalized spacial score (nSPS) is 25.9. The molecule has 6 heteroatoms. The van der Waals surface area contributed by atoms with Crippen LogP contribution < -0.4 is 4.74 Å². The number of ketones is 1. The predicted molar refractivity (Wildman–Crippen MR) is 65.5 cm³/mol. The predicted octanol–water partition coefficient (Wildman–Crippen LogP) is 0.426. The van der Waals surface area contributed by atoms with Crippen molar-refractivity contribution in [3.63, 3.8) is 0 Å². The van der Waals surface area contributed by atoms with Gasteiger partial charge in [0, 0.05) is 5.56 Å². The van der Waals surface area contributed by atoms with Gasteiger partial charge in [0.15, 0.2) is 15.6 Å². The topological polar surface area (TPSA) is 80.7 Å². The van der Waals surface area contributed by atoms with Crippen LogP contribution >= 0.6 is 0 Å². The Labute approximate surface area is 105 Å². The van der Waals surface area contributed by atoms with E-state index in [4.69, 9.17) is 4.74 Å². The van der Waals surface area contributed by atoms with Gasteiger partial charge in [-0.05, 0) is 31.2 Å². The minimum atomic E-state index is -3.22.